The van der Waals surface area contributed by atoms with Crippen LogP contribution < -0.4 is 4.74 Å². The fourth-order valence-electron chi connectivity index (χ4n) is 2.52. The number of aromatic nitrogens is 2. The average molecular weight is 355 g/mol. The van der Waals surface area contributed by atoms with Gasteiger partial charge < -0.3 is 9.64 Å². The number of carbonyl (C=O) groups is 1. The Labute approximate surface area is 144 Å². The van der Waals surface area contributed by atoms with Crippen molar-refractivity contribution in [2.75, 3.05) is 7.05 Å². The Hall–Kier alpha value is -2.51. The number of hydrogen-bond acceptors (Lipinski definition) is 3. The Bertz CT molecular complexity index is 752. The van der Waals surface area contributed by atoms with Gasteiger partial charge in [-0.15, -0.1) is 13.2 Å². The zero-order valence-corrected chi connectivity index (χ0v) is 14.5. The second kappa shape index (κ2) is 7.16. The molecule has 1 aromatic heterocycles. The molecule has 8 heteroatoms. The third-order valence-electron chi connectivity index (χ3n) is 3.99. The smallest absolute Gasteiger partial charge is 0.406 e. The van der Waals surface area contributed by atoms with Crippen molar-refractivity contribution in [3.63, 3.8) is 0 Å². The molecule has 0 atom stereocenters. The fraction of sp³-hybridized carbons (Fsp3) is 0.412. The summed E-state index contributed by atoms with van der Waals surface area (Å²) in [5, 5.41) is 4.29. The number of nitrogens with zero attached hydrogens (tertiary/aromatic N) is 3. The third kappa shape index (κ3) is 4.98. The van der Waals surface area contributed by atoms with E-state index in [1.54, 1.807) is 11.7 Å². The zero-order valence-electron chi connectivity index (χ0n) is 14.5. The molecule has 25 heavy (non-hydrogen) atoms. The SMILES string of the molecule is Cc1nn(C)c(C)c1CC(=O)N(C)Cc1ccc(OC(F)(F)F)cc1. The molecule has 5 nitrogen and oxygen atoms in total. The van der Waals surface area contributed by atoms with E-state index in [1.165, 1.54) is 29.2 Å². The van der Waals surface area contributed by atoms with Gasteiger partial charge in [-0.25, -0.2) is 0 Å². The van der Waals surface area contributed by atoms with Gasteiger partial charge in [-0.3, -0.25) is 9.48 Å². The van der Waals surface area contributed by atoms with Crippen molar-refractivity contribution >= 4 is 5.91 Å². The summed E-state index contributed by atoms with van der Waals surface area (Å²) >= 11 is 0. The molecule has 0 radical (unpaired) electrons. The summed E-state index contributed by atoms with van der Waals surface area (Å²) in [5.41, 5.74) is 3.36. The van der Waals surface area contributed by atoms with Crippen LogP contribution in [0.5, 0.6) is 5.75 Å². The Morgan fingerprint density at radius 2 is 1.84 bits per heavy atom. The van der Waals surface area contributed by atoms with Crippen LogP contribution in [0.2, 0.25) is 0 Å². The standard InChI is InChI=1S/C17H20F3N3O2/c1-11-15(12(2)23(4)21-11)9-16(24)22(3)10-13-5-7-14(8-6-13)25-17(18,19)20/h5-8H,9-10H2,1-4H3. The van der Waals surface area contributed by atoms with Gasteiger partial charge in [0, 0.05) is 31.9 Å². The van der Waals surface area contributed by atoms with Crippen LogP contribution in [0.15, 0.2) is 24.3 Å². The second-order valence-electron chi connectivity index (χ2n) is 5.89. The van der Waals surface area contributed by atoms with E-state index in [0.29, 0.717) is 12.1 Å². The number of likely N-dealkylation sites (N-methyl/N-ethyl adjacent to an activating group) is 1. The van der Waals surface area contributed by atoms with E-state index < -0.39 is 6.36 Å². The highest BCUT2D eigenvalue weighted by molar-refractivity contribution is 5.79. The predicted molar refractivity (Wildman–Crippen MR) is 86.0 cm³/mol. The molecule has 0 aliphatic carbocycles. The van der Waals surface area contributed by atoms with E-state index in [4.69, 9.17) is 0 Å². The topological polar surface area (TPSA) is 47.4 Å². The normalized spacial score (nSPS) is 11.5. The molecule has 0 fully saturated rings. The maximum atomic E-state index is 12.4. The molecule has 0 aliphatic heterocycles. The molecule has 0 bridgehead atoms. The Balaban J connectivity index is 1.99. The van der Waals surface area contributed by atoms with E-state index in [0.717, 1.165) is 17.0 Å². The molecule has 2 aromatic rings. The van der Waals surface area contributed by atoms with Gasteiger partial charge >= 0.3 is 6.36 Å². The number of ether oxygens (including phenoxy) is 1. The lowest BCUT2D eigenvalue weighted by atomic mass is 10.1. The van der Waals surface area contributed by atoms with Crippen LogP contribution in [0.4, 0.5) is 13.2 Å². The molecule has 0 spiro atoms. The first kappa shape index (κ1) is 18.8. The van der Waals surface area contributed by atoms with Crippen LogP contribution >= 0.6 is 0 Å². The number of amides is 1. The van der Waals surface area contributed by atoms with Crippen molar-refractivity contribution in [1.29, 1.82) is 0 Å². The Morgan fingerprint density at radius 3 is 2.32 bits per heavy atom. The quantitative estimate of drug-likeness (QED) is 0.828. The highest BCUT2D eigenvalue weighted by Crippen LogP contribution is 2.23. The molecule has 2 rings (SSSR count). The molecular weight excluding hydrogens is 335 g/mol. The van der Waals surface area contributed by atoms with Crippen molar-refractivity contribution in [3.8, 4) is 5.75 Å². The molecule has 0 N–H and O–H groups in total. The number of halogens is 3. The minimum atomic E-state index is -4.71. The minimum absolute atomic E-state index is 0.0881. The lowest BCUT2D eigenvalue weighted by Crippen LogP contribution is -2.28. The third-order valence-corrected chi connectivity index (χ3v) is 3.99. The molecule has 1 amide bonds. The van der Waals surface area contributed by atoms with Gasteiger partial charge in [0.05, 0.1) is 12.1 Å². The summed E-state index contributed by atoms with van der Waals surface area (Å²) in [4.78, 5) is 13.9. The molecule has 1 heterocycles. The van der Waals surface area contributed by atoms with E-state index in [1.807, 2.05) is 20.9 Å². The van der Waals surface area contributed by atoms with Crippen LogP contribution in [0.1, 0.15) is 22.5 Å². The first-order valence-corrected chi connectivity index (χ1v) is 7.64. The van der Waals surface area contributed by atoms with Crippen molar-refractivity contribution in [3.05, 3.63) is 46.8 Å². The first-order chi connectivity index (χ1) is 11.6. The van der Waals surface area contributed by atoms with E-state index in [9.17, 15) is 18.0 Å². The first-order valence-electron chi connectivity index (χ1n) is 7.64. The highest BCUT2D eigenvalue weighted by Gasteiger charge is 2.31. The summed E-state index contributed by atoms with van der Waals surface area (Å²) in [6.45, 7) is 4.06. The lowest BCUT2D eigenvalue weighted by Gasteiger charge is -2.18. The average Bonchev–Trinajstić information content (AvgIpc) is 2.74. The molecule has 0 saturated carbocycles. The second-order valence-corrected chi connectivity index (χ2v) is 5.89. The van der Waals surface area contributed by atoms with Crippen molar-refractivity contribution in [2.45, 2.75) is 33.2 Å². The summed E-state index contributed by atoms with van der Waals surface area (Å²) < 4.78 is 42.0. The summed E-state index contributed by atoms with van der Waals surface area (Å²) in [7, 11) is 3.48. The van der Waals surface area contributed by atoms with E-state index >= 15 is 0 Å². The Morgan fingerprint density at radius 1 is 1.24 bits per heavy atom. The van der Waals surface area contributed by atoms with E-state index in [2.05, 4.69) is 9.84 Å². The van der Waals surface area contributed by atoms with E-state index in [-0.39, 0.29) is 18.1 Å². The molecule has 136 valence electrons. The van der Waals surface area contributed by atoms with Crippen LogP contribution in [-0.4, -0.2) is 34.0 Å². The Kier molecular flexibility index (Phi) is 5.39. The maximum absolute atomic E-state index is 12.4. The summed E-state index contributed by atoms with van der Waals surface area (Å²) in [6.07, 6.45) is -4.48. The van der Waals surface area contributed by atoms with Crippen LogP contribution in [0, 0.1) is 13.8 Å². The largest absolute Gasteiger partial charge is 0.573 e. The van der Waals surface area contributed by atoms with Gasteiger partial charge in [0.15, 0.2) is 0 Å². The van der Waals surface area contributed by atoms with Crippen LogP contribution in [-0.2, 0) is 24.8 Å². The van der Waals surface area contributed by atoms with Gasteiger partial charge in [-0.1, -0.05) is 12.1 Å². The van der Waals surface area contributed by atoms with Crippen LogP contribution in [0.3, 0.4) is 0 Å². The van der Waals surface area contributed by atoms with Crippen molar-refractivity contribution in [2.24, 2.45) is 7.05 Å². The van der Waals surface area contributed by atoms with Gasteiger partial charge in [0.1, 0.15) is 5.75 Å². The van der Waals surface area contributed by atoms with Gasteiger partial charge in [-0.05, 0) is 31.5 Å². The molecular formula is C17H20F3N3O2. The lowest BCUT2D eigenvalue weighted by molar-refractivity contribution is -0.274. The maximum Gasteiger partial charge on any atom is 0.573 e. The number of hydrogen-bond donors (Lipinski definition) is 0. The van der Waals surface area contributed by atoms with Gasteiger partial charge in [-0.2, -0.15) is 5.10 Å². The fourth-order valence-corrected chi connectivity index (χ4v) is 2.52. The number of alkyl halides is 3. The minimum Gasteiger partial charge on any atom is -0.406 e. The number of aryl methyl sites for hydroxylation is 2. The van der Waals surface area contributed by atoms with Crippen molar-refractivity contribution < 1.29 is 22.7 Å². The number of carbonyl (C=O) groups excluding carboxylic acids is 1. The number of benzene rings is 1. The van der Waals surface area contributed by atoms with Crippen LogP contribution in [0.25, 0.3) is 0 Å². The molecule has 0 unspecified atom stereocenters. The molecule has 1 aromatic carbocycles. The molecule has 0 aliphatic rings. The van der Waals surface area contributed by atoms with Gasteiger partial charge in [0.2, 0.25) is 5.91 Å². The molecule has 0 saturated heterocycles. The number of rotatable bonds is 5. The summed E-state index contributed by atoms with van der Waals surface area (Å²) in [6, 6.07) is 5.48. The monoisotopic (exact) mass is 355 g/mol. The summed E-state index contributed by atoms with van der Waals surface area (Å²) in [5.74, 6) is -0.373. The van der Waals surface area contributed by atoms with Gasteiger partial charge in [0.25, 0.3) is 0 Å². The highest BCUT2D eigenvalue weighted by atomic mass is 19.4. The van der Waals surface area contributed by atoms with Crippen molar-refractivity contribution in [1.82, 2.24) is 14.7 Å². The predicted octanol–water partition coefficient (Wildman–Crippen LogP) is 3.14. The zero-order chi connectivity index (χ0) is 18.8.